The summed E-state index contributed by atoms with van der Waals surface area (Å²) in [5, 5.41) is 9.93. The van der Waals surface area contributed by atoms with Crippen LogP contribution in [-0.4, -0.2) is 9.97 Å². The molecule has 0 bridgehead atoms. The molecule has 0 fully saturated rings. The summed E-state index contributed by atoms with van der Waals surface area (Å²) in [4.78, 5) is 8.05. The van der Waals surface area contributed by atoms with Crippen molar-refractivity contribution in [3.8, 4) is 17.2 Å². The van der Waals surface area contributed by atoms with Gasteiger partial charge in [-0.25, -0.2) is 4.98 Å². The third-order valence-corrected chi connectivity index (χ3v) is 3.07. The number of hydrogen-bond donors (Lipinski definition) is 2. The first-order valence-electron chi connectivity index (χ1n) is 6.01. The predicted molar refractivity (Wildman–Crippen MR) is 78.5 cm³/mol. The smallest absolute Gasteiger partial charge is 0.222 e. The van der Waals surface area contributed by atoms with E-state index in [0.717, 1.165) is 11.1 Å². The van der Waals surface area contributed by atoms with E-state index in [1.165, 1.54) is 0 Å². The molecule has 0 aliphatic rings. The van der Waals surface area contributed by atoms with Crippen molar-refractivity contribution in [1.82, 2.24) is 9.97 Å². The standard InChI is InChI=1S/C15H11N5/c16-8-11-6-10(9-4-2-1-3-5-9)7-12-13(11)19-15(18)20-14(12)17/h1-7H,(H4,17,18,19,20). The zero-order chi connectivity index (χ0) is 14.1. The maximum atomic E-state index is 9.30. The molecule has 0 aliphatic carbocycles. The number of benzene rings is 2. The average Bonchev–Trinajstić information content (AvgIpc) is 2.47. The molecule has 3 aromatic rings. The average molecular weight is 261 g/mol. The Hall–Kier alpha value is -3.13. The van der Waals surface area contributed by atoms with Gasteiger partial charge in [0.15, 0.2) is 0 Å². The Morgan fingerprint density at radius 1 is 0.950 bits per heavy atom. The van der Waals surface area contributed by atoms with Crippen molar-refractivity contribution < 1.29 is 0 Å². The van der Waals surface area contributed by atoms with E-state index in [0.29, 0.717) is 16.5 Å². The van der Waals surface area contributed by atoms with Gasteiger partial charge in [-0.2, -0.15) is 10.2 Å². The lowest BCUT2D eigenvalue weighted by Crippen LogP contribution is -2.02. The van der Waals surface area contributed by atoms with E-state index in [1.807, 2.05) is 36.4 Å². The molecule has 0 saturated carbocycles. The van der Waals surface area contributed by atoms with E-state index in [2.05, 4.69) is 16.0 Å². The largest absolute Gasteiger partial charge is 0.383 e. The first-order valence-corrected chi connectivity index (χ1v) is 6.01. The first kappa shape index (κ1) is 11.9. The second-order valence-corrected chi connectivity index (χ2v) is 4.36. The van der Waals surface area contributed by atoms with Crippen LogP contribution in [0.1, 0.15) is 5.56 Å². The van der Waals surface area contributed by atoms with Crippen LogP contribution >= 0.6 is 0 Å². The number of nitrogen functional groups attached to an aromatic ring is 2. The SMILES string of the molecule is N#Cc1cc(-c2ccccc2)cc2c(N)nc(N)nc12. The normalized spacial score (nSPS) is 10.3. The van der Waals surface area contributed by atoms with Crippen molar-refractivity contribution in [2.24, 2.45) is 0 Å². The van der Waals surface area contributed by atoms with Crippen molar-refractivity contribution in [2.75, 3.05) is 11.5 Å². The zero-order valence-electron chi connectivity index (χ0n) is 10.5. The van der Waals surface area contributed by atoms with Crippen molar-refractivity contribution in [3.05, 3.63) is 48.0 Å². The second-order valence-electron chi connectivity index (χ2n) is 4.36. The lowest BCUT2D eigenvalue weighted by atomic mass is 10.0. The Morgan fingerprint density at radius 3 is 2.40 bits per heavy atom. The maximum Gasteiger partial charge on any atom is 0.222 e. The van der Waals surface area contributed by atoms with E-state index < -0.39 is 0 Å². The van der Waals surface area contributed by atoms with Crippen LogP contribution in [-0.2, 0) is 0 Å². The summed E-state index contributed by atoms with van der Waals surface area (Å²) in [6.45, 7) is 0. The lowest BCUT2D eigenvalue weighted by Gasteiger charge is -2.08. The number of fused-ring (bicyclic) bond motifs is 1. The molecule has 20 heavy (non-hydrogen) atoms. The van der Waals surface area contributed by atoms with Gasteiger partial charge < -0.3 is 11.5 Å². The van der Waals surface area contributed by atoms with E-state index >= 15 is 0 Å². The number of anilines is 2. The number of nitrogens with zero attached hydrogens (tertiary/aromatic N) is 3. The van der Waals surface area contributed by atoms with Gasteiger partial charge in [-0.15, -0.1) is 0 Å². The Bertz CT molecular complexity index is 834. The van der Waals surface area contributed by atoms with Gasteiger partial charge in [-0.3, -0.25) is 0 Å². The van der Waals surface area contributed by atoms with Crippen LogP contribution in [0.3, 0.4) is 0 Å². The maximum absolute atomic E-state index is 9.30. The molecule has 0 saturated heterocycles. The second kappa shape index (κ2) is 4.52. The third kappa shape index (κ3) is 1.89. The minimum absolute atomic E-state index is 0.0685. The van der Waals surface area contributed by atoms with Crippen LogP contribution < -0.4 is 11.5 Å². The molecular formula is C15H11N5. The monoisotopic (exact) mass is 261 g/mol. The van der Waals surface area contributed by atoms with Gasteiger partial charge in [0, 0.05) is 5.39 Å². The summed E-state index contributed by atoms with van der Waals surface area (Å²) < 4.78 is 0. The highest BCUT2D eigenvalue weighted by molar-refractivity contribution is 5.96. The van der Waals surface area contributed by atoms with Crippen LogP contribution in [0.5, 0.6) is 0 Å². The number of aromatic nitrogens is 2. The number of hydrogen-bond acceptors (Lipinski definition) is 5. The van der Waals surface area contributed by atoms with Crippen LogP contribution in [0, 0.1) is 11.3 Å². The highest BCUT2D eigenvalue weighted by Gasteiger charge is 2.11. The Labute approximate surface area is 115 Å². The Morgan fingerprint density at radius 2 is 1.70 bits per heavy atom. The molecule has 96 valence electrons. The highest BCUT2D eigenvalue weighted by Crippen LogP contribution is 2.29. The Balaban J connectivity index is 2.36. The van der Waals surface area contributed by atoms with E-state index in [1.54, 1.807) is 6.07 Å². The van der Waals surface area contributed by atoms with Gasteiger partial charge >= 0.3 is 0 Å². The summed E-state index contributed by atoms with van der Waals surface area (Å²) >= 11 is 0. The molecule has 5 nitrogen and oxygen atoms in total. The van der Waals surface area contributed by atoms with Gasteiger partial charge in [0.05, 0.1) is 11.1 Å². The molecule has 0 spiro atoms. The van der Waals surface area contributed by atoms with Crippen LogP contribution in [0.2, 0.25) is 0 Å². The molecule has 1 aromatic heterocycles. The zero-order valence-corrected chi connectivity index (χ0v) is 10.5. The first-order chi connectivity index (χ1) is 9.69. The number of nitriles is 1. The molecule has 3 rings (SSSR count). The van der Waals surface area contributed by atoms with Crippen LogP contribution in [0.25, 0.3) is 22.0 Å². The van der Waals surface area contributed by atoms with Crippen molar-refractivity contribution in [3.63, 3.8) is 0 Å². The number of nitrogens with two attached hydrogens (primary N) is 2. The van der Waals surface area contributed by atoms with Crippen molar-refractivity contribution in [1.29, 1.82) is 5.26 Å². The van der Waals surface area contributed by atoms with Crippen LogP contribution in [0.4, 0.5) is 11.8 Å². The summed E-state index contributed by atoms with van der Waals surface area (Å²) in [6, 6.07) is 15.5. The minimum atomic E-state index is 0.0685. The summed E-state index contributed by atoms with van der Waals surface area (Å²) in [5.74, 6) is 0.348. The Kier molecular flexibility index (Phi) is 2.70. The van der Waals surface area contributed by atoms with E-state index in [9.17, 15) is 5.26 Å². The molecule has 0 amide bonds. The summed E-state index contributed by atoms with van der Waals surface area (Å²) in [7, 11) is 0. The minimum Gasteiger partial charge on any atom is -0.383 e. The fourth-order valence-corrected chi connectivity index (χ4v) is 2.16. The lowest BCUT2D eigenvalue weighted by molar-refractivity contribution is 1.24. The molecule has 2 aromatic carbocycles. The number of rotatable bonds is 1. The fraction of sp³-hybridized carbons (Fsp3) is 0. The highest BCUT2D eigenvalue weighted by atomic mass is 15.0. The van der Waals surface area contributed by atoms with Crippen LogP contribution in [0.15, 0.2) is 42.5 Å². The fourth-order valence-electron chi connectivity index (χ4n) is 2.16. The van der Waals surface area contributed by atoms with Gasteiger partial charge in [0.25, 0.3) is 0 Å². The van der Waals surface area contributed by atoms with Gasteiger partial charge in [0.1, 0.15) is 11.9 Å². The molecule has 0 radical (unpaired) electrons. The van der Waals surface area contributed by atoms with E-state index in [-0.39, 0.29) is 11.8 Å². The van der Waals surface area contributed by atoms with Gasteiger partial charge in [-0.05, 0) is 23.3 Å². The molecule has 4 N–H and O–H groups in total. The molecule has 0 unspecified atom stereocenters. The molecule has 1 heterocycles. The van der Waals surface area contributed by atoms with Crippen molar-refractivity contribution >= 4 is 22.7 Å². The molecule has 0 aliphatic heterocycles. The van der Waals surface area contributed by atoms with E-state index in [4.69, 9.17) is 11.5 Å². The topological polar surface area (TPSA) is 102 Å². The molecule has 0 atom stereocenters. The predicted octanol–water partition coefficient (Wildman–Crippen LogP) is 2.33. The molecular weight excluding hydrogens is 250 g/mol. The van der Waals surface area contributed by atoms with Gasteiger partial charge in [0.2, 0.25) is 5.95 Å². The summed E-state index contributed by atoms with van der Waals surface area (Å²) in [6.07, 6.45) is 0. The van der Waals surface area contributed by atoms with Crippen molar-refractivity contribution in [2.45, 2.75) is 0 Å². The third-order valence-electron chi connectivity index (χ3n) is 3.07. The summed E-state index contributed by atoms with van der Waals surface area (Å²) in [5.41, 5.74) is 14.3. The molecule has 5 heteroatoms. The van der Waals surface area contributed by atoms with Gasteiger partial charge in [-0.1, -0.05) is 30.3 Å². The quantitative estimate of drug-likeness (QED) is 0.700.